The summed E-state index contributed by atoms with van der Waals surface area (Å²) in [6, 6.07) is 8.20. The van der Waals surface area contributed by atoms with E-state index in [2.05, 4.69) is 25.7 Å². The SMILES string of the molecule is C#Cc1c(F)ccc2cccc(-c3ncc4c(N5C[C@H]6CC[C@@H](C5)O6)nc(OC[C@@]56CCCN5C[C@H](F)C6)nc4c3F)c12. The van der Waals surface area contributed by atoms with Crippen molar-refractivity contribution in [2.45, 2.75) is 56.0 Å². The number of ether oxygens (including phenoxy) is 2. The third-order valence-electron chi connectivity index (χ3n) is 9.61. The number of benzene rings is 2. The van der Waals surface area contributed by atoms with Gasteiger partial charge >= 0.3 is 6.01 Å². The average Bonchev–Trinajstić information content (AvgIpc) is 3.66. The summed E-state index contributed by atoms with van der Waals surface area (Å²) in [6.07, 6.45) is 10.6. The minimum absolute atomic E-state index is 0.00877. The second-order valence-corrected chi connectivity index (χ2v) is 12.2. The molecule has 0 N–H and O–H groups in total. The Balaban J connectivity index is 1.26. The molecule has 2 aromatic carbocycles. The summed E-state index contributed by atoms with van der Waals surface area (Å²) in [4.78, 5) is 18.1. The number of terminal acetylenes is 1. The zero-order valence-corrected chi connectivity index (χ0v) is 23.5. The highest BCUT2D eigenvalue weighted by molar-refractivity contribution is 6.02. The van der Waals surface area contributed by atoms with Crippen LogP contribution in [0.15, 0.2) is 36.5 Å². The van der Waals surface area contributed by atoms with Crippen LogP contribution < -0.4 is 9.64 Å². The van der Waals surface area contributed by atoms with Crippen molar-refractivity contribution >= 4 is 27.5 Å². The number of anilines is 1. The summed E-state index contributed by atoms with van der Waals surface area (Å²) in [5, 5.41) is 1.53. The number of hydrogen-bond acceptors (Lipinski definition) is 7. The van der Waals surface area contributed by atoms with Crippen LogP contribution in [0.25, 0.3) is 32.9 Å². The molecule has 0 unspecified atom stereocenters. The van der Waals surface area contributed by atoms with Crippen LogP contribution >= 0.6 is 0 Å². The van der Waals surface area contributed by atoms with Gasteiger partial charge in [0.25, 0.3) is 0 Å². The van der Waals surface area contributed by atoms with Gasteiger partial charge in [-0.05, 0) is 43.7 Å². The average molecular weight is 586 g/mol. The summed E-state index contributed by atoms with van der Waals surface area (Å²) in [5.74, 6) is 1.72. The zero-order valence-electron chi connectivity index (χ0n) is 23.5. The predicted octanol–water partition coefficient (Wildman–Crippen LogP) is 5.43. The van der Waals surface area contributed by atoms with E-state index >= 15 is 4.39 Å². The van der Waals surface area contributed by atoms with Crippen molar-refractivity contribution < 1.29 is 22.6 Å². The van der Waals surface area contributed by atoms with E-state index in [0.717, 1.165) is 32.2 Å². The quantitative estimate of drug-likeness (QED) is 0.290. The standard InChI is InChI=1S/C33H30F3N5O2/c1-2-23-26(35)10-7-19-5-3-6-24(27(19)23)29-28(36)30-25(14-37-29)31(40-16-21-8-9-22(17-40)43-21)39-32(38-30)42-18-33-11-4-12-41(33)15-20(34)13-33/h1,3,5-7,10,14,20-22H,4,8-9,11-13,15-18H2/t20-,21-,22+,33+/m1/s1. The van der Waals surface area contributed by atoms with Gasteiger partial charge in [-0.2, -0.15) is 9.97 Å². The summed E-state index contributed by atoms with van der Waals surface area (Å²) in [6.45, 7) is 2.68. The fourth-order valence-electron chi connectivity index (χ4n) is 7.64. The molecule has 0 radical (unpaired) electrons. The Bertz CT molecular complexity index is 1800. The summed E-state index contributed by atoms with van der Waals surface area (Å²) >= 11 is 0. The number of halogens is 3. The minimum atomic E-state index is -0.898. The van der Waals surface area contributed by atoms with Crippen molar-refractivity contribution in [3.63, 3.8) is 0 Å². The maximum Gasteiger partial charge on any atom is 0.319 e. The fourth-order valence-corrected chi connectivity index (χ4v) is 7.64. The van der Waals surface area contributed by atoms with Crippen LogP contribution in [-0.2, 0) is 4.74 Å². The topological polar surface area (TPSA) is 63.6 Å². The smallest absolute Gasteiger partial charge is 0.319 e. The van der Waals surface area contributed by atoms with Crippen molar-refractivity contribution in [3.8, 4) is 29.6 Å². The summed E-state index contributed by atoms with van der Waals surface area (Å²) in [5.41, 5.74) is 0.0754. The molecular weight excluding hydrogens is 555 g/mol. The Morgan fingerprint density at radius 2 is 1.93 bits per heavy atom. The van der Waals surface area contributed by atoms with Gasteiger partial charge in [-0.1, -0.05) is 30.2 Å². The number of hydrogen-bond donors (Lipinski definition) is 0. The first kappa shape index (κ1) is 26.7. The van der Waals surface area contributed by atoms with Crippen LogP contribution in [0.5, 0.6) is 6.01 Å². The highest BCUT2D eigenvalue weighted by Crippen LogP contribution is 2.41. The Morgan fingerprint density at radius 3 is 2.74 bits per heavy atom. The number of morpholine rings is 1. The first-order chi connectivity index (χ1) is 20.9. The van der Waals surface area contributed by atoms with Crippen molar-refractivity contribution in [3.05, 3.63) is 53.7 Å². The van der Waals surface area contributed by atoms with Gasteiger partial charge in [0, 0.05) is 43.2 Å². The largest absolute Gasteiger partial charge is 0.461 e. The van der Waals surface area contributed by atoms with E-state index in [1.165, 1.54) is 6.07 Å². The second kappa shape index (κ2) is 10.1. The number of aromatic nitrogens is 3. The third-order valence-corrected chi connectivity index (χ3v) is 9.61. The Hall–Kier alpha value is -3.94. The lowest BCUT2D eigenvalue weighted by molar-refractivity contribution is 0.0302. The number of nitrogens with zero attached hydrogens (tertiary/aromatic N) is 5. The van der Waals surface area contributed by atoms with Gasteiger partial charge in [-0.25, -0.2) is 13.2 Å². The Kier molecular flexibility index (Phi) is 6.24. The summed E-state index contributed by atoms with van der Waals surface area (Å²) < 4.78 is 58.1. The molecule has 4 fully saturated rings. The predicted molar refractivity (Wildman–Crippen MR) is 157 cm³/mol. The minimum Gasteiger partial charge on any atom is -0.461 e. The lowest BCUT2D eigenvalue weighted by Crippen LogP contribution is -2.44. The monoisotopic (exact) mass is 585 g/mol. The maximum atomic E-state index is 16.7. The number of rotatable bonds is 5. The van der Waals surface area contributed by atoms with Gasteiger partial charge in [0.15, 0.2) is 5.82 Å². The van der Waals surface area contributed by atoms with Crippen LogP contribution in [0, 0.1) is 24.0 Å². The molecule has 0 aliphatic carbocycles. The highest BCUT2D eigenvalue weighted by Gasteiger charge is 2.49. The van der Waals surface area contributed by atoms with Crippen molar-refractivity contribution in [1.29, 1.82) is 0 Å². The van der Waals surface area contributed by atoms with E-state index in [4.69, 9.17) is 20.9 Å². The van der Waals surface area contributed by atoms with Crippen LogP contribution in [0.2, 0.25) is 0 Å². The van der Waals surface area contributed by atoms with E-state index in [1.54, 1.807) is 30.5 Å². The van der Waals surface area contributed by atoms with Gasteiger partial charge in [0.05, 0.1) is 28.7 Å². The van der Waals surface area contributed by atoms with Crippen LogP contribution in [0.1, 0.15) is 37.7 Å². The molecule has 4 aromatic rings. The number of alkyl halides is 1. The molecule has 0 saturated carbocycles. The van der Waals surface area contributed by atoms with E-state index in [9.17, 15) is 8.78 Å². The fraction of sp³-hybridized carbons (Fsp3) is 0.424. The van der Waals surface area contributed by atoms with E-state index in [-0.39, 0.29) is 41.6 Å². The van der Waals surface area contributed by atoms with Crippen LogP contribution in [0.4, 0.5) is 19.0 Å². The van der Waals surface area contributed by atoms with E-state index < -0.39 is 23.3 Å². The third kappa shape index (κ3) is 4.32. The van der Waals surface area contributed by atoms with Crippen molar-refractivity contribution in [2.24, 2.45) is 0 Å². The molecule has 4 saturated heterocycles. The van der Waals surface area contributed by atoms with Gasteiger partial charge in [0.1, 0.15) is 35.6 Å². The van der Waals surface area contributed by atoms with Gasteiger partial charge in [0.2, 0.25) is 0 Å². The molecule has 0 amide bonds. The van der Waals surface area contributed by atoms with Gasteiger partial charge in [-0.3, -0.25) is 9.88 Å². The van der Waals surface area contributed by atoms with E-state index in [0.29, 0.717) is 53.6 Å². The molecule has 4 atom stereocenters. The molecule has 0 spiro atoms. The normalized spacial score (nSPS) is 26.7. The van der Waals surface area contributed by atoms with E-state index in [1.807, 2.05) is 0 Å². The summed E-state index contributed by atoms with van der Waals surface area (Å²) in [7, 11) is 0. The first-order valence-corrected chi connectivity index (χ1v) is 14.9. The molecule has 8 rings (SSSR count). The molecular formula is C33H30F3N5O2. The van der Waals surface area contributed by atoms with Crippen molar-refractivity contribution in [1.82, 2.24) is 19.9 Å². The van der Waals surface area contributed by atoms with Crippen LogP contribution in [-0.4, -0.2) is 76.6 Å². The molecule has 2 aromatic heterocycles. The number of pyridine rings is 1. The molecule has 4 aliphatic heterocycles. The Morgan fingerprint density at radius 1 is 1.09 bits per heavy atom. The van der Waals surface area contributed by atoms with Gasteiger partial charge in [-0.15, -0.1) is 6.42 Å². The van der Waals surface area contributed by atoms with Crippen molar-refractivity contribution in [2.75, 3.05) is 37.7 Å². The molecule has 2 bridgehead atoms. The molecule has 220 valence electrons. The molecule has 6 heterocycles. The highest BCUT2D eigenvalue weighted by atomic mass is 19.1. The number of fused-ring (bicyclic) bond motifs is 5. The lowest BCUT2D eigenvalue weighted by atomic mass is 9.95. The first-order valence-electron chi connectivity index (χ1n) is 14.9. The van der Waals surface area contributed by atoms with Gasteiger partial charge < -0.3 is 14.4 Å². The second-order valence-electron chi connectivity index (χ2n) is 12.2. The maximum absolute atomic E-state index is 16.7. The molecule has 7 nitrogen and oxygen atoms in total. The molecule has 4 aliphatic rings. The molecule has 10 heteroatoms. The molecule has 43 heavy (non-hydrogen) atoms. The zero-order chi connectivity index (χ0) is 29.3. The van der Waals surface area contributed by atoms with Crippen LogP contribution in [0.3, 0.4) is 0 Å². The Labute approximate surface area is 247 Å². The lowest BCUT2D eigenvalue weighted by Gasteiger charge is -2.34.